The number of anilines is 1. The lowest BCUT2D eigenvalue weighted by Gasteiger charge is -2.11. The van der Waals surface area contributed by atoms with Crippen molar-refractivity contribution in [3.8, 4) is 22.8 Å². The molecule has 0 bridgehead atoms. The summed E-state index contributed by atoms with van der Waals surface area (Å²) in [4.78, 5) is 12.8. The number of rotatable bonds is 2. The summed E-state index contributed by atoms with van der Waals surface area (Å²) in [6.07, 6.45) is 0.883. The highest BCUT2D eigenvalue weighted by Gasteiger charge is 2.32. The maximum absolute atomic E-state index is 13.7. The fourth-order valence-corrected chi connectivity index (χ4v) is 2.30. The van der Waals surface area contributed by atoms with E-state index in [2.05, 4.69) is 0 Å². The number of halogens is 2. The van der Waals surface area contributed by atoms with Gasteiger partial charge in [0.1, 0.15) is 11.6 Å². The highest BCUT2D eigenvalue weighted by atomic mass is 19.1. The second kappa shape index (κ2) is 4.76. The van der Waals surface area contributed by atoms with Gasteiger partial charge < -0.3 is 14.6 Å². The molecule has 5 nitrogen and oxygen atoms in total. The molecule has 0 atom stereocenters. The summed E-state index contributed by atoms with van der Waals surface area (Å²) in [5.41, 5.74) is -0.333. The number of hydrogen-bond acceptors (Lipinski definition) is 4. The van der Waals surface area contributed by atoms with Crippen LogP contribution in [0.2, 0.25) is 0 Å². The molecule has 2 N–H and O–H groups in total. The van der Waals surface area contributed by atoms with Gasteiger partial charge in [-0.3, -0.25) is 9.69 Å². The van der Waals surface area contributed by atoms with E-state index in [9.17, 15) is 23.8 Å². The first-order valence-electron chi connectivity index (χ1n) is 6.29. The molecule has 1 amide bonds. The van der Waals surface area contributed by atoms with Crippen molar-refractivity contribution in [2.75, 3.05) is 11.4 Å². The van der Waals surface area contributed by atoms with Crippen molar-refractivity contribution in [3.63, 3.8) is 0 Å². The summed E-state index contributed by atoms with van der Waals surface area (Å²) in [5, 5.41) is 19.7. The van der Waals surface area contributed by atoms with Gasteiger partial charge in [-0.2, -0.15) is 0 Å². The van der Waals surface area contributed by atoms with Gasteiger partial charge >= 0.3 is 0 Å². The number of nitrogens with zero attached hydrogens (tertiary/aromatic N) is 1. The largest absolute Gasteiger partial charge is 0.502 e. The Labute approximate surface area is 118 Å². The van der Waals surface area contributed by atoms with Crippen LogP contribution in [0.4, 0.5) is 14.7 Å². The van der Waals surface area contributed by atoms with Crippen LogP contribution in [0.1, 0.15) is 12.8 Å². The average molecular weight is 295 g/mol. The molecular formula is C14H11F2NO4. The number of amides is 1. The van der Waals surface area contributed by atoms with Crippen molar-refractivity contribution in [1.82, 2.24) is 0 Å². The van der Waals surface area contributed by atoms with Crippen molar-refractivity contribution in [2.24, 2.45) is 0 Å². The average Bonchev–Trinajstić information content (AvgIpc) is 2.99. The van der Waals surface area contributed by atoms with E-state index in [0.717, 1.165) is 23.1 Å². The van der Waals surface area contributed by atoms with Crippen LogP contribution in [0.25, 0.3) is 11.3 Å². The van der Waals surface area contributed by atoms with Crippen LogP contribution in [0.15, 0.2) is 22.6 Å². The second-order valence-electron chi connectivity index (χ2n) is 4.71. The molecule has 1 aromatic heterocycles. The molecule has 1 aromatic carbocycles. The van der Waals surface area contributed by atoms with Gasteiger partial charge in [0.05, 0.1) is 5.56 Å². The van der Waals surface area contributed by atoms with Gasteiger partial charge in [0.15, 0.2) is 5.76 Å². The van der Waals surface area contributed by atoms with E-state index in [1.807, 2.05) is 0 Å². The highest BCUT2D eigenvalue weighted by molar-refractivity contribution is 5.96. The number of aromatic hydroxyl groups is 2. The zero-order chi connectivity index (χ0) is 15.1. The topological polar surface area (TPSA) is 73.9 Å². The van der Waals surface area contributed by atoms with Crippen LogP contribution in [-0.2, 0) is 4.79 Å². The molecular weight excluding hydrogens is 284 g/mol. The first-order chi connectivity index (χ1) is 9.99. The van der Waals surface area contributed by atoms with Crippen molar-refractivity contribution in [2.45, 2.75) is 12.8 Å². The normalized spacial score (nSPS) is 15.0. The summed E-state index contributed by atoms with van der Waals surface area (Å²) in [6.45, 7) is 0.324. The van der Waals surface area contributed by atoms with Crippen molar-refractivity contribution < 1.29 is 28.2 Å². The summed E-state index contributed by atoms with van der Waals surface area (Å²) >= 11 is 0. The van der Waals surface area contributed by atoms with Gasteiger partial charge in [-0.15, -0.1) is 0 Å². The van der Waals surface area contributed by atoms with E-state index in [-0.39, 0.29) is 17.4 Å². The highest BCUT2D eigenvalue weighted by Crippen LogP contribution is 2.48. The van der Waals surface area contributed by atoms with Crippen LogP contribution >= 0.6 is 0 Å². The Kier molecular flexibility index (Phi) is 3.04. The van der Waals surface area contributed by atoms with Crippen molar-refractivity contribution in [1.29, 1.82) is 0 Å². The maximum Gasteiger partial charge on any atom is 0.249 e. The summed E-state index contributed by atoms with van der Waals surface area (Å²) in [7, 11) is 0. The monoisotopic (exact) mass is 295 g/mol. The Morgan fingerprint density at radius 2 is 1.95 bits per heavy atom. The smallest absolute Gasteiger partial charge is 0.249 e. The Balaban J connectivity index is 2.12. The number of furan rings is 1. The third kappa shape index (κ3) is 2.10. The zero-order valence-electron chi connectivity index (χ0n) is 10.8. The van der Waals surface area contributed by atoms with Gasteiger partial charge in [0, 0.05) is 13.0 Å². The first-order valence-corrected chi connectivity index (χ1v) is 6.29. The minimum absolute atomic E-state index is 0.256. The zero-order valence-corrected chi connectivity index (χ0v) is 10.8. The number of benzene rings is 1. The number of carbonyl (C=O) groups excluding carboxylic acids is 1. The van der Waals surface area contributed by atoms with E-state index in [4.69, 9.17) is 4.42 Å². The lowest BCUT2D eigenvalue weighted by molar-refractivity contribution is -0.117. The second-order valence-corrected chi connectivity index (χ2v) is 4.71. The number of carbonyl (C=O) groups is 1. The Morgan fingerprint density at radius 3 is 2.62 bits per heavy atom. The summed E-state index contributed by atoms with van der Waals surface area (Å²) in [5.74, 6) is -3.88. The molecule has 110 valence electrons. The molecule has 1 aliphatic heterocycles. The standard InChI is InChI=1S/C14H11F2NO4/c15-7-3-4-9(16)8(6-7)13-11(19)12(20)14(21-13)17-5-1-2-10(17)18/h3-4,6,19-20H,1-2,5H2. The van der Waals surface area contributed by atoms with Crippen LogP contribution in [-0.4, -0.2) is 22.7 Å². The molecule has 7 heteroatoms. The Morgan fingerprint density at radius 1 is 1.19 bits per heavy atom. The lowest BCUT2D eigenvalue weighted by Crippen LogP contribution is -2.23. The minimum Gasteiger partial charge on any atom is -0.502 e. The lowest BCUT2D eigenvalue weighted by atomic mass is 10.1. The van der Waals surface area contributed by atoms with Gasteiger partial charge in [0.2, 0.25) is 23.3 Å². The van der Waals surface area contributed by atoms with Gasteiger partial charge in [-0.25, -0.2) is 8.78 Å². The van der Waals surface area contributed by atoms with E-state index in [1.165, 1.54) is 0 Å². The van der Waals surface area contributed by atoms with Crippen molar-refractivity contribution in [3.05, 3.63) is 29.8 Å². The first kappa shape index (κ1) is 13.4. The maximum atomic E-state index is 13.7. The predicted molar refractivity (Wildman–Crippen MR) is 69.0 cm³/mol. The third-order valence-corrected chi connectivity index (χ3v) is 3.33. The summed E-state index contributed by atoms with van der Waals surface area (Å²) < 4.78 is 32.2. The van der Waals surface area contributed by atoms with E-state index >= 15 is 0 Å². The van der Waals surface area contributed by atoms with E-state index in [0.29, 0.717) is 19.4 Å². The molecule has 2 aromatic rings. The van der Waals surface area contributed by atoms with Crippen LogP contribution < -0.4 is 4.90 Å². The Hall–Kier alpha value is -2.57. The number of hydrogen-bond donors (Lipinski definition) is 2. The molecule has 0 unspecified atom stereocenters. The minimum atomic E-state index is -0.820. The Bertz CT molecular complexity index is 726. The molecule has 0 spiro atoms. The SMILES string of the molecule is O=C1CCCN1c1oc(-c2cc(F)ccc2F)c(O)c1O. The van der Waals surface area contributed by atoms with Crippen molar-refractivity contribution >= 4 is 11.8 Å². The molecule has 1 aliphatic rings. The molecule has 1 fully saturated rings. The van der Waals surface area contributed by atoms with Gasteiger partial charge in [-0.05, 0) is 24.6 Å². The molecule has 0 aliphatic carbocycles. The molecule has 1 saturated heterocycles. The van der Waals surface area contributed by atoms with Crippen LogP contribution in [0, 0.1) is 11.6 Å². The van der Waals surface area contributed by atoms with E-state index in [1.54, 1.807) is 0 Å². The van der Waals surface area contributed by atoms with E-state index < -0.39 is 28.9 Å². The quantitative estimate of drug-likeness (QED) is 0.893. The predicted octanol–water partition coefficient (Wildman–Crippen LogP) is 2.76. The van der Waals surface area contributed by atoms with Gasteiger partial charge in [-0.1, -0.05) is 0 Å². The van der Waals surface area contributed by atoms with Crippen LogP contribution in [0.3, 0.4) is 0 Å². The summed E-state index contributed by atoms with van der Waals surface area (Å²) in [6, 6.07) is 2.64. The van der Waals surface area contributed by atoms with Crippen LogP contribution in [0.5, 0.6) is 11.5 Å². The molecule has 2 heterocycles. The fraction of sp³-hybridized carbons (Fsp3) is 0.214. The third-order valence-electron chi connectivity index (χ3n) is 3.33. The molecule has 21 heavy (non-hydrogen) atoms. The molecule has 0 radical (unpaired) electrons. The van der Waals surface area contributed by atoms with Gasteiger partial charge in [0.25, 0.3) is 0 Å². The molecule has 0 saturated carbocycles. The molecule has 3 rings (SSSR count). The fourth-order valence-electron chi connectivity index (χ4n) is 2.30.